The van der Waals surface area contributed by atoms with Crippen LogP contribution in [-0.2, 0) is 0 Å². The van der Waals surface area contributed by atoms with Gasteiger partial charge in [0.2, 0.25) is 0 Å². The third kappa shape index (κ3) is 3.20. The normalized spacial score (nSPS) is 18.1. The molecule has 0 saturated heterocycles. The van der Waals surface area contributed by atoms with Gasteiger partial charge in [0.25, 0.3) is 5.70 Å². The van der Waals surface area contributed by atoms with Gasteiger partial charge in [-0.2, -0.15) is 0 Å². The summed E-state index contributed by atoms with van der Waals surface area (Å²) < 4.78 is 0. The van der Waals surface area contributed by atoms with E-state index < -0.39 is 0 Å². The number of hydrogen-bond donors (Lipinski definition) is 1. The standard InChI is InChI=1S/C13H6Cl2N4OS/c1-6-12(21-13(18-6)10(5-16)17-2)19-7-3-8(14)11(20)9(15)4-7/h3-4,20H,1H3/b13-10-,19-12?. The molecule has 0 saturated carbocycles. The highest BCUT2D eigenvalue weighted by molar-refractivity contribution is 8.19. The number of thioether (sulfide) groups is 1. The van der Waals surface area contributed by atoms with Crippen LogP contribution in [0.25, 0.3) is 4.85 Å². The van der Waals surface area contributed by atoms with E-state index in [-0.39, 0.29) is 21.5 Å². The minimum Gasteiger partial charge on any atom is -0.505 e. The maximum Gasteiger partial charge on any atom is 0.293 e. The fraction of sp³-hybridized carbons (Fsp3) is 0.0769. The Balaban J connectivity index is 2.42. The summed E-state index contributed by atoms with van der Waals surface area (Å²) in [5.74, 6) is -0.202. The minimum atomic E-state index is -0.202. The van der Waals surface area contributed by atoms with E-state index in [1.165, 1.54) is 12.1 Å². The molecular formula is C13H6Cl2N4OS. The highest BCUT2D eigenvalue weighted by Crippen LogP contribution is 2.37. The summed E-state index contributed by atoms with van der Waals surface area (Å²) in [4.78, 5) is 11.6. The zero-order valence-electron chi connectivity index (χ0n) is 10.6. The Hall–Kier alpha value is -1.99. The van der Waals surface area contributed by atoms with Gasteiger partial charge >= 0.3 is 0 Å². The van der Waals surface area contributed by atoms with Crippen LogP contribution in [0.5, 0.6) is 5.75 Å². The average molecular weight is 337 g/mol. The molecule has 0 spiro atoms. The molecule has 0 aliphatic carbocycles. The molecule has 0 aromatic heterocycles. The molecule has 0 unspecified atom stereocenters. The summed E-state index contributed by atoms with van der Waals surface area (Å²) in [7, 11) is 0. The highest BCUT2D eigenvalue weighted by atomic mass is 35.5. The Morgan fingerprint density at radius 2 is 2.10 bits per heavy atom. The van der Waals surface area contributed by atoms with Crippen molar-refractivity contribution < 1.29 is 5.11 Å². The Morgan fingerprint density at radius 3 is 2.62 bits per heavy atom. The van der Waals surface area contributed by atoms with Gasteiger partial charge < -0.3 is 5.11 Å². The molecule has 0 fully saturated rings. The number of aromatic hydroxyl groups is 1. The number of halogens is 2. The third-order valence-electron chi connectivity index (χ3n) is 2.42. The number of hydrogen-bond acceptors (Lipinski definition) is 5. The lowest BCUT2D eigenvalue weighted by Crippen LogP contribution is -1.98. The van der Waals surface area contributed by atoms with Crippen molar-refractivity contribution in [2.24, 2.45) is 9.98 Å². The molecule has 0 amide bonds. The van der Waals surface area contributed by atoms with Crippen molar-refractivity contribution in [1.29, 1.82) is 5.26 Å². The first-order chi connectivity index (χ1) is 9.96. The molecule has 1 heterocycles. The van der Waals surface area contributed by atoms with E-state index in [1.807, 2.05) is 0 Å². The first-order valence-corrected chi connectivity index (χ1v) is 7.05. The second kappa shape index (κ2) is 6.19. The van der Waals surface area contributed by atoms with Crippen molar-refractivity contribution >= 4 is 51.4 Å². The lowest BCUT2D eigenvalue weighted by molar-refractivity contribution is 0.476. The van der Waals surface area contributed by atoms with Crippen LogP contribution < -0.4 is 0 Å². The average Bonchev–Trinajstić information content (AvgIpc) is 2.78. The summed E-state index contributed by atoms with van der Waals surface area (Å²) in [6.45, 7) is 8.64. The minimum absolute atomic E-state index is 0.0775. The predicted octanol–water partition coefficient (Wildman–Crippen LogP) is 4.55. The molecule has 21 heavy (non-hydrogen) atoms. The largest absolute Gasteiger partial charge is 0.505 e. The number of rotatable bonds is 1. The smallest absolute Gasteiger partial charge is 0.293 e. The lowest BCUT2D eigenvalue weighted by atomic mass is 10.3. The maximum absolute atomic E-state index is 9.50. The molecule has 2 rings (SSSR count). The SMILES string of the molecule is [C-]#[N+]/C(C#N)=C1/N=C(C)C(=Nc2cc(Cl)c(O)c(Cl)c2)S1. The van der Waals surface area contributed by atoms with Gasteiger partial charge in [-0.05, 0) is 19.1 Å². The second-order valence-corrected chi connectivity index (χ2v) is 5.64. The van der Waals surface area contributed by atoms with E-state index in [0.29, 0.717) is 21.5 Å². The summed E-state index contributed by atoms with van der Waals surface area (Å²) in [5.41, 5.74) is 0.959. The number of nitrogens with zero attached hydrogens (tertiary/aromatic N) is 4. The maximum atomic E-state index is 9.50. The van der Waals surface area contributed by atoms with Crippen LogP contribution in [0.1, 0.15) is 6.92 Å². The summed E-state index contributed by atoms with van der Waals surface area (Å²) >= 11 is 12.8. The molecule has 104 valence electrons. The number of phenols is 1. The molecule has 1 aromatic rings. The van der Waals surface area contributed by atoms with E-state index in [1.54, 1.807) is 13.0 Å². The van der Waals surface area contributed by atoms with Crippen molar-refractivity contribution in [3.8, 4) is 11.8 Å². The molecule has 1 aliphatic heterocycles. The number of nitriles is 1. The summed E-state index contributed by atoms with van der Waals surface area (Å²) in [6, 6.07) is 4.72. The van der Waals surface area contributed by atoms with E-state index in [4.69, 9.17) is 35.0 Å². The van der Waals surface area contributed by atoms with Gasteiger partial charge in [0.15, 0.2) is 5.75 Å². The zero-order chi connectivity index (χ0) is 15.6. The molecular weight excluding hydrogens is 331 g/mol. The molecule has 1 N–H and O–H groups in total. The quantitative estimate of drug-likeness (QED) is 0.603. The zero-order valence-corrected chi connectivity index (χ0v) is 12.9. The molecule has 1 aliphatic rings. The van der Waals surface area contributed by atoms with Gasteiger partial charge in [-0.1, -0.05) is 35.0 Å². The van der Waals surface area contributed by atoms with Gasteiger partial charge in [-0.3, -0.25) is 4.99 Å². The summed E-state index contributed by atoms with van der Waals surface area (Å²) in [5, 5.41) is 19.4. The van der Waals surface area contributed by atoms with E-state index >= 15 is 0 Å². The highest BCUT2D eigenvalue weighted by Gasteiger charge is 2.21. The van der Waals surface area contributed by atoms with E-state index in [2.05, 4.69) is 14.8 Å². The van der Waals surface area contributed by atoms with Crippen LogP contribution in [0.3, 0.4) is 0 Å². The Kier molecular flexibility index (Phi) is 4.54. The van der Waals surface area contributed by atoms with Gasteiger partial charge in [0.05, 0.1) is 34.1 Å². The van der Waals surface area contributed by atoms with Crippen LogP contribution >= 0.6 is 35.0 Å². The van der Waals surface area contributed by atoms with E-state index in [0.717, 1.165) is 11.8 Å². The van der Waals surface area contributed by atoms with Gasteiger partial charge in [-0.15, -0.1) is 0 Å². The number of benzene rings is 1. The summed E-state index contributed by atoms with van der Waals surface area (Å²) in [6.07, 6.45) is 0. The Labute approximate surface area is 135 Å². The van der Waals surface area contributed by atoms with Crippen LogP contribution in [-0.4, -0.2) is 15.9 Å². The van der Waals surface area contributed by atoms with Gasteiger partial charge in [-0.25, -0.2) is 15.1 Å². The van der Waals surface area contributed by atoms with Crippen LogP contribution in [0.2, 0.25) is 10.0 Å². The van der Waals surface area contributed by atoms with Crippen molar-refractivity contribution in [1.82, 2.24) is 0 Å². The monoisotopic (exact) mass is 336 g/mol. The predicted molar refractivity (Wildman–Crippen MR) is 85.2 cm³/mol. The fourth-order valence-electron chi connectivity index (χ4n) is 1.45. The van der Waals surface area contributed by atoms with Gasteiger partial charge in [0.1, 0.15) is 10.1 Å². The van der Waals surface area contributed by atoms with Crippen molar-refractivity contribution in [2.75, 3.05) is 0 Å². The molecule has 0 radical (unpaired) electrons. The fourth-order valence-corrected chi connectivity index (χ4v) is 2.82. The first kappa shape index (κ1) is 15.4. The molecule has 0 bridgehead atoms. The van der Waals surface area contributed by atoms with Crippen LogP contribution in [0.15, 0.2) is 32.8 Å². The number of phenolic OH excluding ortho intramolecular Hbond substituents is 1. The van der Waals surface area contributed by atoms with E-state index in [9.17, 15) is 5.11 Å². The topological polar surface area (TPSA) is 73.1 Å². The van der Waals surface area contributed by atoms with Crippen LogP contribution in [0.4, 0.5) is 5.69 Å². The van der Waals surface area contributed by atoms with Crippen molar-refractivity contribution in [2.45, 2.75) is 6.92 Å². The van der Waals surface area contributed by atoms with Crippen molar-refractivity contribution in [3.63, 3.8) is 0 Å². The number of allylic oxidation sites excluding steroid dienone is 1. The molecule has 5 nitrogen and oxygen atoms in total. The number of aliphatic imine (C=N–C) groups is 2. The van der Waals surface area contributed by atoms with Crippen LogP contribution in [0, 0.1) is 17.9 Å². The lowest BCUT2D eigenvalue weighted by Gasteiger charge is -2.02. The second-order valence-electron chi connectivity index (χ2n) is 3.85. The van der Waals surface area contributed by atoms with Crippen molar-refractivity contribution in [3.05, 3.63) is 44.3 Å². The molecule has 1 aromatic carbocycles. The first-order valence-electron chi connectivity index (χ1n) is 5.48. The Bertz CT molecular complexity index is 760. The Morgan fingerprint density at radius 1 is 1.48 bits per heavy atom. The van der Waals surface area contributed by atoms with Gasteiger partial charge in [0, 0.05) is 0 Å². The molecule has 0 atom stereocenters. The third-order valence-corrected chi connectivity index (χ3v) is 4.06. The molecule has 8 heteroatoms.